The van der Waals surface area contributed by atoms with Gasteiger partial charge >= 0.3 is 0 Å². The molecule has 5 nitrogen and oxygen atoms in total. The summed E-state index contributed by atoms with van der Waals surface area (Å²) in [6, 6.07) is 0.164. The summed E-state index contributed by atoms with van der Waals surface area (Å²) in [6.45, 7) is 4.40. The molecule has 3 rings (SSSR count). The molecule has 112 valence electrons. The lowest BCUT2D eigenvalue weighted by molar-refractivity contribution is 0.230. The molecule has 0 amide bonds. The highest BCUT2D eigenvalue weighted by Crippen LogP contribution is 2.36. The lowest BCUT2D eigenvalue weighted by Gasteiger charge is -2.24. The molecule has 0 spiro atoms. The van der Waals surface area contributed by atoms with Crippen molar-refractivity contribution >= 4 is 21.2 Å². The van der Waals surface area contributed by atoms with Crippen LogP contribution in [0.1, 0.15) is 10.6 Å². The van der Waals surface area contributed by atoms with Gasteiger partial charge in [0.25, 0.3) is 0 Å². The maximum Gasteiger partial charge on any atom is 0.156 e. The first kappa shape index (κ1) is 14.4. The molecule has 2 aliphatic heterocycles. The molecule has 0 N–H and O–H groups in total. The number of rotatable bonds is 3. The van der Waals surface area contributed by atoms with Crippen LogP contribution in [0.2, 0.25) is 0 Å². The smallest absolute Gasteiger partial charge is 0.156 e. The molecule has 0 bridgehead atoms. The highest BCUT2D eigenvalue weighted by molar-refractivity contribution is 7.92. The first-order valence-electron chi connectivity index (χ1n) is 6.88. The van der Waals surface area contributed by atoms with E-state index in [2.05, 4.69) is 14.8 Å². The Labute approximate surface area is 124 Å². The van der Waals surface area contributed by atoms with Crippen molar-refractivity contribution in [2.24, 2.45) is 5.92 Å². The highest BCUT2D eigenvalue weighted by Gasteiger charge is 2.52. The van der Waals surface area contributed by atoms with Gasteiger partial charge in [-0.2, -0.15) is 0 Å². The van der Waals surface area contributed by atoms with Crippen molar-refractivity contribution in [3.8, 4) is 0 Å². The second-order valence-electron chi connectivity index (χ2n) is 6.12. The number of likely N-dealkylation sites (tertiary alicyclic amines) is 1. The number of hydrogen-bond donors (Lipinski definition) is 0. The summed E-state index contributed by atoms with van der Waals surface area (Å²) in [5, 5.41) is -0.178. The summed E-state index contributed by atoms with van der Waals surface area (Å²) in [5.41, 5.74) is 2.93. The van der Waals surface area contributed by atoms with Crippen molar-refractivity contribution in [3.05, 3.63) is 16.1 Å². The first-order chi connectivity index (χ1) is 9.38. The third kappa shape index (κ3) is 2.41. The lowest BCUT2D eigenvalue weighted by Crippen LogP contribution is -2.37. The number of aromatic nitrogens is 1. The topological polar surface area (TPSA) is 53.5 Å². The lowest BCUT2D eigenvalue weighted by atomic mass is 10.00. The number of sulfone groups is 1. The van der Waals surface area contributed by atoms with Gasteiger partial charge < -0.3 is 4.90 Å². The molecule has 1 aromatic rings. The number of nitrogens with zero attached hydrogens (tertiary/aromatic N) is 3. The fraction of sp³-hybridized carbons (Fsp3) is 0.769. The average Bonchev–Trinajstić information content (AvgIpc) is 2.99. The SMILES string of the molecule is Cc1ncsc1CN1C[C@H]2[C@H](N(C)C)CS(=O)(=O)[C@H]2C1. The molecule has 3 atom stereocenters. The number of hydrogen-bond acceptors (Lipinski definition) is 6. The number of aryl methyl sites for hydroxylation is 1. The van der Waals surface area contributed by atoms with Crippen molar-refractivity contribution < 1.29 is 8.42 Å². The zero-order valence-corrected chi connectivity index (χ0v) is 13.7. The summed E-state index contributed by atoms with van der Waals surface area (Å²) in [5.74, 6) is 0.575. The second kappa shape index (κ2) is 5.05. The van der Waals surface area contributed by atoms with E-state index in [4.69, 9.17) is 0 Å². The summed E-state index contributed by atoms with van der Waals surface area (Å²) >= 11 is 1.66. The fourth-order valence-corrected chi connectivity index (χ4v) is 6.78. The van der Waals surface area contributed by atoms with Crippen molar-refractivity contribution in [1.82, 2.24) is 14.8 Å². The molecular weight excluding hydrogens is 294 g/mol. The van der Waals surface area contributed by atoms with Gasteiger partial charge in [0.15, 0.2) is 9.84 Å². The van der Waals surface area contributed by atoms with Crippen LogP contribution in [0, 0.1) is 12.8 Å². The van der Waals surface area contributed by atoms with Gasteiger partial charge in [0.1, 0.15) is 0 Å². The van der Waals surface area contributed by atoms with Crippen LogP contribution in [0.15, 0.2) is 5.51 Å². The van der Waals surface area contributed by atoms with Gasteiger partial charge in [0.05, 0.1) is 22.2 Å². The van der Waals surface area contributed by atoms with E-state index in [0.29, 0.717) is 12.3 Å². The van der Waals surface area contributed by atoms with Crippen LogP contribution in [0.5, 0.6) is 0 Å². The van der Waals surface area contributed by atoms with Gasteiger partial charge in [-0.15, -0.1) is 11.3 Å². The Morgan fingerprint density at radius 1 is 1.45 bits per heavy atom. The maximum absolute atomic E-state index is 12.3. The normalized spacial score (nSPS) is 32.9. The fourth-order valence-electron chi connectivity index (χ4n) is 3.46. The molecule has 0 aromatic carbocycles. The van der Waals surface area contributed by atoms with Gasteiger partial charge in [0.2, 0.25) is 0 Å². The Morgan fingerprint density at radius 3 is 2.80 bits per heavy atom. The monoisotopic (exact) mass is 315 g/mol. The second-order valence-corrected chi connectivity index (χ2v) is 9.32. The minimum Gasteiger partial charge on any atom is -0.305 e. The largest absolute Gasteiger partial charge is 0.305 e. The quantitative estimate of drug-likeness (QED) is 0.818. The predicted octanol–water partition coefficient (Wildman–Crippen LogP) is 0.611. The van der Waals surface area contributed by atoms with E-state index in [9.17, 15) is 8.42 Å². The van der Waals surface area contributed by atoms with E-state index in [0.717, 1.165) is 18.8 Å². The van der Waals surface area contributed by atoms with Crippen molar-refractivity contribution in [2.45, 2.75) is 24.8 Å². The van der Waals surface area contributed by atoms with E-state index >= 15 is 0 Å². The van der Waals surface area contributed by atoms with Gasteiger partial charge in [-0.1, -0.05) is 0 Å². The standard InChI is InChI=1S/C13H21N3O2S2/c1-9-12(19-8-14-9)5-16-4-10-11(15(2)3)7-20(17,18)13(10)6-16/h8,10-11,13H,4-7H2,1-3H3/t10-,11+,13-/m0/s1. The van der Waals surface area contributed by atoms with Crippen LogP contribution in [0.25, 0.3) is 0 Å². The summed E-state index contributed by atoms with van der Waals surface area (Å²) in [6.07, 6.45) is 0. The first-order valence-corrected chi connectivity index (χ1v) is 9.47. The van der Waals surface area contributed by atoms with E-state index in [1.165, 1.54) is 4.88 Å². The van der Waals surface area contributed by atoms with Gasteiger partial charge in [-0.05, 0) is 21.0 Å². The summed E-state index contributed by atoms with van der Waals surface area (Å²) in [7, 11) is 1.03. The van der Waals surface area contributed by atoms with E-state index < -0.39 is 9.84 Å². The van der Waals surface area contributed by atoms with E-state index in [1.54, 1.807) is 11.3 Å². The Kier molecular flexibility index (Phi) is 3.64. The summed E-state index contributed by atoms with van der Waals surface area (Å²) < 4.78 is 24.6. The molecule has 7 heteroatoms. The van der Waals surface area contributed by atoms with E-state index in [1.807, 2.05) is 26.5 Å². The Balaban J connectivity index is 1.77. The van der Waals surface area contributed by atoms with Crippen LogP contribution >= 0.6 is 11.3 Å². The molecular formula is C13H21N3O2S2. The highest BCUT2D eigenvalue weighted by atomic mass is 32.2. The minimum absolute atomic E-state index is 0.164. The van der Waals surface area contributed by atoms with Crippen molar-refractivity contribution in [1.29, 1.82) is 0 Å². The molecule has 2 saturated heterocycles. The Bertz CT molecular complexity index is 597. The van der Waals surface area contributed by atoms with Crippen LogP contribution < -0.4 is 0 Å². The third-order valence-corrected chi connectivity index (χ3v) is 7.77. The Hall–Kier alpha value is -0.500. The third-order valence-electron chi connectivity index (χ3n) is 4.62. The predicted molar refractivity (Wildman–Crippen MR) is 80.7 cm³/mol. The van der Waals surface area contributed by atoms with Crippen LogP contribution in [0.3, 0.4) is 0 Å². The molecule has 20 heavy (non-hydrogen) atoms. The number of fused-ring (bicyclic) bond motifs is 1. The zero-order valence-electron chi connectivity index (χ0n) is 12.1. The van der Waals surface area contributed by atoms with Gasteiger partial charge in [-0.3, -0.25) is 4.90 Å². The maximum atomic E-state index is 12.3. The molecule has 2 fully saturated rings. The van der Waals surface area contributed by atoms with Gasteiger partial charge in [0, 0.05) is 36.5 Å². The molecule has 2 aliphatic rings. The minimum atomic E-state index is -2.94. The summed E-state index contributed by atoms with van der Waals surface area (Å²) in [4.78, 5) is 9.88. The Morgan fingerprint density at radius 2 is 2.20 bits per heavy atom. The molecule has 0 radical (unpaired) electrons. The molecule has 0 aliphatic carbocycles. The molecule has 0 saturated carbocycles. The van der Waals surface area contributed by atoms with Crippen LogP contribution in [0.4, 0.5) is 0 Å². The van der Waals surface area contributed by atoms with Crippen molar-refractivity contribution in [3.63, 3.8) is 0 Å². The van der Waals surface area contributed by atoms with Crippen LogP contribution in [-0.4, -0.2) is 67.4 Å². The molecule has 1 aromatic heterocycles. The average molecular weight is 315 g/mol. The van der Waals surface area contributed by atoms with Gasteiger partial charge in [-0.25, -0.2) is 13.4 Å². The number of thiazole rings is 1. The molecule has 3 heterocycles. The molecule has 0 unspecified atom stereocenters. The van der Waals surface area contributed by atoms with Crippen molar-refractivity contribution in [2.75, 3.05) is 32.9 Å². The zero-order chi connectivity index (χ0) is 14.5. The van der Waals surface area contributed by atoms with E-state index in [-0.39, 0.29) is 17.2 Å². The van der Waals surface area contributed by atoms with Crippen LogP contribution in [-0.2, 0) is 16.4 Å².